The molecule has 1 N–H and O–H groups in total. The number of nitrogens with one attached hydrogen (secondary N) is 1. The first-order valence-electron chi connectivity index (χ1n) is 5.65. The highest BCUT2D eigenvalue weighted by Gasteiger charge is 2.17. The van der Waals surface area contributed by atoms with Gasteiger partial charge in [-0.2, -0.15) is 5.10 Å². The molecule has 0 aromatic carbocycles. The Balaban J connectivity index is 0.00000144. The second kappa shape index (κ2) is 7.11. The first-order valence-corrected chi connectivity index (χ1v) is 6.02. The van der Waals surface area contributed by atoms with Gasteiger partial charge < -0.3 is 5.32 Å². The molecule has 0 amide bonds. The Hall–Kier alpha value is -0.420. The predicted molar refractivity (Wildman–Crippen MR) is 71.6 cm³/mol. The van der Waals surface area contributed by atoms with E-state index in [-0.39, 0.29) is 12.4 Å². The Morgan fingerprint density at radius 1 is 1.47 bits per heavy atom. The van der Waals surface area contributed by atoms with Gasteiger partial charge in [-0.1, -0.05) is 11.6 Å². The second-order valence-corrected chi connectivity index (χ2v) is 4.65. The molecule has 0 spiro atoms. The molecule has 1 saturated heterocycles. The second-order valence-electron chi connectivity index (χ2n) is 4.26. The van der Waals surface area contributed by atoms with Gasteiger partial charge >= 0.3 is 0 Å². The zero-order valence-corrected chi connectivity index (χ0v) is 11.5. The molecule has 0 saturated carbocycles. The van der Waals surface area contributed by atoms with E-state index in [0.717, 1.165) is 25.3 Å². The third kappa shape index (κ3) is 4.39. The first kappa shape index (κ1) is 14.6. The van der Waals surface area contributed by atoms with Crippen LogP contribution in [0.3, 0.4) is 0 Å². The number of rotatable bonds is 3. The normalized spacial score (nSPS) is 20.1. The molecule has 1 fully saturated rings. The van der Waals surface area contributed by atoms with E-state index in [2.05, 4.69) is 27.5 Å². The number of piperidine rings is 1. The van der Waals surface area contributed by atoms with E-state index >= 15 is 0 Å². The Labute approximate surface area is 113 Å². The minimum atomic E-state index is 0. The molecule has 17 heavy (non-hydrogen) atoms. The molecular formula is C11H18Cl2N4. The summed E-state index contributed by atoms with van der Waals surface area (Å²) in [6, 6.07) is 4.32. The first-order chi connectivity index (χ1) is 7.75. The van der Waals surface area contributed by atoms with Gasteiger partial charge in [0.15, 0.2) is 5.15 Å². The summed E-state index contributed by atoms with van der Waals surface area (Å²) >= 11 is 5.70. The number of nitrogens with zero attached hydrogens (tertiary/aromatic N) is 3. The lowest BCUT2D eigenvalue weighted by atomic mass is 10.1. The molecule has 0 radical (unpaired) electrons. The molecule has 0 bridgehead atoms. The molecule has 1 aliphatic heterocycles. The monoisotopic (exact) mass is 276 g/mol. The summed E-state index contributed by atoms with van der Waals surface area (Å²) in [4.78, 5) is 2.32. The van der Waals surface area contributed by atoms with Gasteiger partial charge in [-0.15, -0.1) is 17.5 Å². The van der Waals surface area contributed by atoms with Crippen LogP contribution in [0.5, 0.6) is 0 Å². The molecular weight excluding hydrogens is 259 g/mol. The number of hydrogen-bond acceptors (Lipinski definition) is 4. The van der Waals surface area contributed by atoms with Crippen LogP contribution in [0.15, 0.2) is 12.1 Å². The largest absolute Gasteiger partial charge is 0.315 e. The lowest BCUT2D eigenvalue weighted by molar-refractivity contribution is 0.193. The standard InChI is InChI=1S/C11H17ClN4.ClH/c1-16(10-3-2-6-13-7-10)8-9-4-5-11(12)15-14-9;/h4-5,10,13H,2-3,6-8H2,1H3;1H/t10-;/m1./s1. The van der Waals surface area contributed by atoms with Crippen molar-refractivity contribution >= 4 is 24.0 Å². The van der Waals surface area contributed by atoms with Crippen LogP contribution in [0.25, 0.3) is 0 Å². The molecule has 1 atom stereocenters. The fraction of sp³-hybridized carbons (Fsp3) is 0.636. The lowest BCUT2D eigenvalue weighted by Crippen LogP contribution is -2.43. The lowest BCUT2D eigenvalue weighted by Gasteiger charge is -2.31. The van der Waals surface area contributed by atoms with Gasteiger partial charge in [-0.3, -0.25) is 4.90 Å². The van der Waals surface area contributed by atoms with E-state index < -0.39 is 0 Å². The summed E-state index contributed by atoms with van der Waals surface area (Å²) in [5.41, 5.74) is 0.970. The zero-order chi connectivity index (χ0) is 11.4. The van der Waals surface area contributed by atoms with Crippen molar-refractivity contribution in [1.82, 2.24) is 20.4 Å². The average molecular weight is 277 g/mol. The third-order valence-electron chi connectivity index (χ3n) is 2.99. The maximum atomic E-state index is 5.70. The minimum absolute atomic E-state index is 0. The molecule has 2 heterocycles. The van der Waals surface area contributed by atoms with Gasteiger partial charge in [0.05, 0.1) is 5.69 Å². The third-order valence-corrected chi connectivity index (χ3v) is 3.19. The predicted octanol–water partition coefficient (Wildman–Crippen LogP) is 1.74. The Kier molecular flexibility index (Phi) is 6.12. The van der Waals surface area contributed by atoms with E-state index in [1.165, 1.54) is 12.8 Å². The Morgan fingerprint density at radius 3 is 2.88 bits per heavy atom. The summed E-state index contributed by atoms with van der Waals surface area (Å²) in [7, 11) is 2.13. The van der Waals surface area contributed by atoms with Crippen LogP contribution in [0.4, 0.5) is 0 Å². The van der Waals surface area contributed by atoms with Crippen molar-refractivity contribution in [1.29, 1.82) is 0 Å². The van der Waals surface area contributed by atoms with E-state index in [9.17, 15) is 0 Å². The molecule has 0 aliphatic carbocycles. The summed E-state index contributed by atoms with van der Waals surface area (Å²) in [6.07, 6.45) is 2.51. The van der Waals surface area contributed by atoms with Gasteiger partial charge in [0.1, 0.15) is 0 Å². The quantitative estimate of drug-likeness (QED) is 0.913. The summed E-state index contributed by atoms with van der Waals surface area (Å²) in [5, 5.41) is 11.8. The Bertz CT molecular complexity index is 325. The van der Waals surface area contributed by atoms with Gasteiger partial charge in [0.2, 0.25) is 0 Å². The van der Waals surface area contributed by atoms with E-state index in [4.69, 9.17) is 11.6 Å². The molecule has 0 unspecified atom stereocenters. The molecule has 6 heteroatoms. The highest BCUT2D eigenvalue weighted by Crippen LogP contribution is 2.11. The van der Waals surface area contributed by atoms with E-state index in [1.807, 2.05) is 6.07 Å². The maximum Gasteiger partial charge on any atom is 0.151 e. The zero-order valence-electron chi connectivity index (χ0n) is 9.90. The number of hydrogen-bond donors (Lipinski definition) is 1. The highest BCUT2D eigenvalue weighted by molar-refractivity contribution is 6.29. The fourth-order valence-electron chi connectivity index (χ4n) is 2.02. The summed E-state index contributed by atoms with van der Waals surface area (Å²) in [5.74, 6) is 0. The van der Waals surface area contributed by atoms with Crippen LogP contribution < -0.4 is 5.32 Å². The van der Waals surface area contributed by atoms with Crippen molar-refractivity contribution in [2.45, 2.75) is 25.4 Å². The molecule has 4 nitrogen and oxygen atoms in total. The van der Waals surface area contributed by atoms with Crippen LogP contribution in [0.2, 0.25) is 5.15 Å². The smallest absolute Gasteiger partial charge is 0.151 e. The van der Waals surface area contributed by atoms with Crippen molar-refractivity contribution in [3.05, 3.63) is 23.0 Å². The Morgan fingerprint density at radius 2 is 2.29 bits per heavy atom. The van der Waals surface area contributed by atoms with Gasteiger partial charge in [-0.05, 0) is 38.6 Å². The van der Waals surface area contributed by atoms with Crippen LogP contribution >= 0.6 is 24.0 Å². The van der Waals surface area contributed by atoms with Gasteiger partial charge in [-0.25, -0.2) is 0 Å². The summed E-state index contributed by atoms with van der Waals surface area (Å²) in [6.45, 7) is 3.04. The average Bonchev–Trinajstić information content (AvgIpc) is 2.33. The fourth-order valence-corrected chi connectivity index (χ4v) is 2.12. The highest BCUT2D eigenvalue weighted by atomic mass is 35.5. The summed E-state index contributed by atoms with van der Waals surface area (Å²) < 4.78 is 0. The number of aromatic nitrogens is 2. The molecule has 2 rings (SSSR count). The van der Waals surface area contributed by atoms with Crippen LogP contribution in [0.1, 0.15) is 18.5 Å². The van der Waals surface area contributed by atoms with Crippen LogP contribution in [0, 0.1) is 0 Å². The van der Waals surface area contributed by atoms with Crippen LogP contribution in [-0.4, -0.2) is 41.3 Å². The van der Waals surface area contributed by atoms with Crippen molar-refractivity contribution in [3.63, 3.8) is 0 Å². The number of likely N-dealkylation sites (N-methyl/N-ethyl adjacent to an activating group) is 1. The van der Waals surface area contributed by atoms with E-state index in [1.54, 1.807) is 6.07 Å². The van der Waals surface area contributed by atoms with Gasteiger partial charge in [0.25, 0.3) is 0 Å². The minimum Gasteiger partial charge on any atom is -0.315 e. The molecule has 96 valence electrons. The molecule has 1 aromatic heterocycles. The topological polar surface area (TPSA) is 41.1 Å². The SMILES string of the molecule is CN(Cc1ccc(Cl)nn1)[C@@H]1CCCNC1.Cl. The van der Waals surface area contributed by atoms with Crippen molar-refractivity contribution in [2.75, 3.05) is 20.1 Å². The maximum absolute atomic E-state index is 5.70. The number of halogens is 2. The van der Waals surface area contributed by atoms with E-state index in [0.29, 0.717) is 11.2 Å². The van der Waals surface area contributed by atoms with Crippen molar-refractivity contribution in [2.24, 2.45) is 0 Å². The van der Waals surface area contributed by atoms with Crippen LogP contribution in [-0.2, 0) is 6.54 Å². The molecule has 1 aromatic rings. The molecule has 1 aliphatic rings. The van der Waals surface area contributed by atoms with Gasteiger partial charge in [0, 0.05) is 19.1 Å². The van der Waals surface area contributed by atoms with Crippen molar-refractivity contribution < 1.29 is 0 Å². The van der Waals surface area contributed by atoms with Crippen molar-refractivity contribution in [3.8, 4) is 0 Å².